The number of hydrogen-bond donors (Lipinski definition) is 1. The Hall–Kier alpha value is -1.15. The Bertz CT molecular complexity index is 356. The Balaban J connectivity index is 2.17. The van der Waals surface area contributed by atoms with E-state index in [2.05, 4.69) is 30.4 Å². The van der Waals surface area contributed by atoms with E-state index in [1.165, 1.54) is 17.5 Å². The van der Waals surface area contributed by atoms with Crippen molar-refractivity contribution < 1.29 is 4.79 Å². The van der Waals surface area contributed by atoms with Crippen molar-refractivity contribution in [2.24, 2.45) is 5.92 Å². The van der Waals surface area contributed by atoms with Crippen LogP contribution in [0.4, 0.5) is 0 Å². The van der Waals surface area contributed by atoms with Crippen LogP contribution in [-0.4, -0.2) is 19.4 Å². The fraction of sp³-hybridized carbons (Fsp3) is 0.500. The van der Waals surface area contributed by atoms with Crippen LogP contribution < -0.4 is 5.32 Å². The van der Waals surface area contributed by atoms with Gasteiger partial charge in [0.15, 0.2) is 0 Å². The second kappa shape index (κ2) is 5.26. The molecule has 1 heterocycles. The molecule has 16 heavy (non-hydrogen) atoms. The van der Waals surface area contributed by atoms with Crippen molar-refractivity contribution in [2.75, 3.05) is 13.1 Å². The lowest BCUT2D eigenvalue weighted by Crippen LogP contribution is -2.33. The Morgan fingerprint density at radius 2 is 2.38 bits per heavy atom. The Labute approximate surface area is 97.1 Å². The molecule has 1 saturated heterocycles. The van der Waals surface area contributed by atoms with Gasteiger partial charge in [-0.2, -0.15) is 0 Å². The Kier molecular flexibility index (Phi) is 3.73. The standard InChI is InChI=1S/C14H19NO/c1-11-4-2-5-12(8-11)14(10-16)13-6-3-7-15-9-13/h2,4-5,8,10,13-15H,3,6-7,9H2,1H3. The van der Waals surface area contributed by atoms with E-state index in [-0.39, 0.29) is 5.92 Å². The number of hydrogen-bond acceptors (Lipinski definition) is 2. The van der Waals surface area contributed by atoms with E-state index in [4.69, 9.17) is 0 Å². The van der Waals surface area contributed by atoms with E-state index in [9.17, 15) is 4.79 Å². The van der Waals surface area contributed by atoms with E-state index in [1.807, 2.05) is 6.07 Å². The molecule has 2 rings (SSSR count). The van der Waals surface area contributed by atoms with Crippen LogP contribution in [-0.2, 0) is 4.79 Å². The van der Waals surface area contributed by atoms with E-state index in [0.29, 0.717) is 5.92 Å². The molecule has 0 spiro atoms. The number of benzene rings is 1. The summed E-state index contributed by atoms with van der Waals surface area (Å²) in [6.07, 6.45) is 3.46. The van der Waals surface area contributed by atoms with Crippen LogP contribution in [0.1, 0.15) is 29.9 Å². The first-order valence-electron chi connectivity index (χ1n) is 6.04. The quantitative estimate of drug-likeness (QED) is 0.787. The zero-order valence-electron chi connectivity index (χ0n) is 9.78. The maximum atomic E-state index is 11.3. The van der Waals surface area contributed by atoms with Gasteiger partial charge in [-0.05, 0) is 44.3 Å². The molecule has 2 atom stereocenters. The minimum Gasteiger partial charge on any atom is -0.316 e. The molecule has 1 aliphatic rings. The molecule has 0 radical (unpaired) electrons. The Morgan fingerprint density at radius 3 is 3.00 bits per heavy atom. The third kappa shape index (κ3) is 2.50. The predicted molar refractivity (Wildman–Crippen MR) is 65.6 cm³/mol. The van der Waals surface area contributed by atoms with Crippen molar-refractivity contribution in [1.29, 1.82) is 0 Å². The molecule has 1 aromatic rings. The lowest BCUT2D eigenvalue weighted by atomic mass is 9.82. The summed E-state index contributed by atoms with van der Waals surface area (Å²) in [6.45, 7) is 4.14. The van der Waals surface area contributed by atoms with Crippen molar-refractivity contribution in [3.8, 4) is 0 Å². The molecule has 1 fully saturated rings. The van der Waals surface area contributed by atoms with E-state index in [1.54, 1.807) is 0 Å². The first-order valence-corrected chi connectivity index (χ1v) is 6.04. The largest absolute Gasteiger partial charge is 0.316 e. The highest BCUT2D eigenvalue weighted by atomic mass is 16.1. The van der Waals surface area contributed by atoms with Gasteiger partial charge in [0.05, 0.1) is 0 Å². The number of aryl methyl sites for hydroxylation is 1. The SMILES string of the molecule is Cc1cccc(C(C=O)C2CCCNC2)c1. The number of carbonyl (C=O) groups is 1. The zero-order chi connectivity index (χ0) is 11.4. The van der Waals surface area contributed by atoms with Crippen molar-refractivity contribution in [1.82, 2.24) is 5.32 Å². The number of carbonyl (C=O) groups excluding carboxylic acids is 1. The molecular weight excluding hydrogens is 198 g/mol. The van der Waals surface area contributed by atoms with E-state index < -0.39 is 0 Å². The van der Waals surface area contributed by atoms with Gasteiger partial charge in [-0.3, -0.25) is 0 Å². The lowest BCUT2D eigenvalue weighted by molar-refractivity contribution is -0.110. The van der Waals surface area contributed by atoms with Gasteiger partial charge in [0.2, 0.25) is 0 Å². The zero-order valence-corrected chi connectivity index (χ0v) is 9.78. The molecule has 2 nitrogen and oxygen atoms in total. The summed E-state index contributed by atoms with van der Waals surface area (Å²) in [5, 5.41) is 3.38. The Morgan fingerprint density at radius 1 is 1.50 bits per heavy atom. The number of aldehydes is 1. The molecule has 0 saturated carbocycles. The third-order valence-electron chi connectivity index (χ3n) is 3.42. The molecule has 1 aromatic carbocycles. The minimum absolute atomic E-state index is 0.0627. The summed E-state index contributed by atoms with van der Waals surface area (Å²) in [5.41, 5.74) is 2.40. The highest BCUT2D eigenvalue weighted by Crippen LogP contribution is 2.28. The summed E-state index contributed by atoms with van der Waals surface area (Å²) in [5.74, 6) is 0.528. The monoisotopic (exact) mass is 217 g/mol. The molecule has 1 aliphatic heterocycles. The topological polar surface area (TPSA) is 29.1 Å². The molecule has 86 valence electrons. The van der Waals surface area contributed by atoms with E-state index >= 15 is 0 Å². The van der Waals surface area contributed by atoms with Gasteiger partial charge in [-0.25, -0.2) is 0 Å². The van der Waals surface area contributed by atoms with E-state index in [0.717, 1.165) is 25.8 Å². The summed E-state index contributed by atoms with van der Waals surface area (Å²) in [4.78, 5) is 11.3. The first kappa shape index (κ1) is 11.3. The van der Waals surface area contributed by atoms with Crippen molar-refractivity contribution >= 4 is 6.29 Å². The van der Waals surface area contributed by atoms with Gasteiger partial charge in [-0.1, -0.05) is 29.8 Å². The fourth-order valence-electron chi connectivity index (χ4n) is 2.52. The number of nitrogens with one attached hydrogen (secondary N) is 1. The van der Waals surface area contributed by atoms with Crippen molar-refractivity contribution in [3.05, 3.63) is 35.4 Å². The summed E-state index contributed by atoms with van der Waals surface area (Å²) in [6, 6.07) is 8.32. The van der Waals surface area contributed by atoms with Gasteiger partial charge < -0.3 is 10.1 Å². The van der Waals surface area contributed by atoms with Crippen LogP contribution >= 0.6 is 0 Å². The van der Waals surface area contributed by atoms with Crippen LogP contribution in [0.3, 0.4) is 0 Å². The lowest BCUT2D eigenvalue weighted by Gasteiger charge is -2.27. The van der Waals surface area contributed by atoms with Gasteiger partial charge in [0.25, 0.3) is 0 Å². The fourth-order valence-corrected chi connectivity index (χ4v) is 2.52. The second-order valence-corrected chi connectivity index (χ2v) is 4.68. The van der Waals surface area contributed by atoms with Crippen molar-refractivity contribution in [3.63, 3.8) is 0 Å². The smallest absolute Gasteiger partial charge is 0.127 e. The van der Waals surface area contributed by atoms with Crippen LogP contribution in [0, 0.1) is 12.8 Å². The van der Waals surface area contributed by atoms with Crippen LogP contribution in [0.25, 0.3) is 0 Å². The average molecular weight is 217 g/mol. The summed E-state index contributed by atoms with van der Waals surface area (Å²) >= 11 is 0. The molecule has 0 aromatic heterocycles. The second-order valence-electron chi connectivity index (χ2n) is 4.68. The van der Waals surface area contributed by atoms with Gasteiger partial charge in [0.1, 0.15) is 6.29 Å². The highest BCUT2D eigenvalue weighted by molar-refractivity contribution is 5.63. The summed E-state index contributed by atoms with van der Waals surface area (Å²) < 4.78 is 0. The van der Waals surface area contributed by atoms with Crippen LogP contribution in [0.15, 0.2) is 24.3 Å². The molecular formula is C14H19NO. The molecule has 0 bridgehead atoms. The maximum absolute atomic E-state index is 11.3. The molecule has 2 unspecified atom stereocenters. The molecule has 1 N–H and O–H groups in total. The molecule has 0 amide bonds. The third-order valence-corrected chi connectivity index (χ3v) is 3.42. The molecule has 0 aliphatic carbocycles. The first-order chi connectivity index (χ1) is 7.81. The van der Waals surface area contributed by atoms with Crippen LogP contribution in [0.5, 0.6) is 0 Å². The van der Waals surface area contributed by atoms with Crippen molar-refractivity contribution in [2.45, 2.75) is 25.7 Å². The summed E-state index contributed by atoms with van der Waals surface area (Å²) in [7, 11) is 0. The predicted octanol–water partition coefficient (Wildman–Crippen LogP) is 2.28. The highest BCUT2D eigenvalue weighted by Gasteiger charge is 2.24. The van der Waals surface area contributed by atoms with Gasteiger partial charge in [0, 0.05) is 5.92 Å². The minimum atomic E-state index is 0.0627. The molecule has 2 heteroatoms. The maximum Gasteiger partial charge on any atom is 0.127 e. The van der Waals surface area contributed by atoms with Gasteiger partial charge in [-0.15, -0.1) is 0 Å². The average Bonchev–Trinajstić information content (AvgIpc) is 2.31. The van der Waals surface area contributed by atoms with Crippen LogP contribution in [0.2, 0.25) is 0 Å². The van der Waals surface area contributed by atoms with Gasteiger partial charge >= 0.3 is 0 Å². The number of rotatable bonds is 3. The normalized spacial score (nSPS) is 22.7. The number of piperidine rings is 1.